The molecule has 0 unspecified atom stereocenters. The van der Waals surface area contributed by atoms with Crippen molar-refractivity contribution < 1.29 is 9.18 Å². The van der Waals surface area contributed by atoms with Gasteiger partial charge in [0.1, 0.15) is 5.82 Å². The maximum Gasteiger partial charge on any atom is 0.220 e. The number of carbonyl (C=O) groups is 1. The molecule has 1 aliphatic heterocycles. The van der Waals surface area contributed by atoms with Crippen LogP contribution in [0.15, 0.2) is 42.6 Å². The molecule has 1 aliphatic rings. The van der Waals surface area contributed by atoms with E-state index in [-0.39, 0.29) is 17.8 Å². The maximum atomic E-state index is 14.1. The van der Waals surface area contributed by atoms with Gasteiger partial charge in [0.05, 0.1) is 5.69 Å². The lowest BCUT2D eigenvalue weighted by atomic mass is 10.0. The first kappa shape index (κ1) is 17.4. The average Bonchev–Trinajstić information content (AvgIpc) is 2.63. The molecule has 1 amide bonds. The molecule has 5 heteroatoms. The van der Waals surface area contributed by atoms with Crippen molar-refractivity contribution in [1.82, 2.24) is 10.3 Å². The molecule has 1 fully saturated rings. The van der Waals surface area contributed by atoms with Crippen LogP contribution in [0, 0.1) is 12.7 Å². The number of rotatable bonds is 5. The van der Waals surface area contributed by atoms with E-state index in [4.69, 9.17) is 0 Å². The average molecular weight is 341 g/mol. The van der Waals surface area contributed by atoms with Crippen molar-refractivity contribution >= 4 is 11.6 Å². The summed E-state index contributed by atoms with van der Waals surface area (Å²) in [6.45, 7) is 3.43. The fourth-order valence-corrected chi connectivity index (χ4v) is 3.27. The second-order valence-corrected chi connectivity index (χ2v) is 6.63. The smallest absolute Gasteiger partial charge is 0.220 e. The maximum absolute atomic E-state index is 14.1. The number of piperidine rings is 1. The standard InChI is InChI=1S/C20H24FN3O/c1-15-7-9-18(21)19(13-15)24-12-4-6-17(14-24)23-20(25)10-8-16-5-2-3-11-22-16/h2-3,5,7,9,11,13,17H,4,6,8,10,12,14H2,1H3,(H,23,25)/t17-/m1/s1. The van der Waals surface area contributed by atoms with Gasteiger partial charge in [0, 0.05) is 37.4 Å². The van der Waals surface area contributed by atoms with Gasteiger partial charge in [-0.3, -0.25) is 9.78 Å². The second-order valence-electron chi connectivity index (χ2n) is 6.63. The van der Waals surface area contributed by atoms with Gasteiger partial charge in [0.25, 0.3) is 0 Å². The first-order chi connectivity index (χ1) is 12.1. The van der Waals surface area contributed by atoms with Gasteiger partial charge in [0.15, 0.2) is 0 Å². The highest BCUT2D eigenvalue weighted by atomic mass is 19.1. The Kier molecular flexibility index (Phi) is 5.64. The molecule has 1 aromatic heterocycles. The third-order valence-electron chi connectivity index (χ3n) is 4.56. The molecule has 0 aliphatic carbocycles. The predicted molar refractivity (Wildman–Crippen MR) is 97.1 cm³/mol. The minimum Gasteiger partial charge on any atom is -0.367 e. The first-order valence-electron chi connectivity index (χ1n) is 8.82. The van der Waals surface area contributed by atoms with Gasteiger partial charge in [-0.2, -0.15) is 0 Å². The normalized spacial score (nSPS) is 17.4. The molecule has 1 saturated heterocycles. The van der Waals surface area contributed by atoms with Crippen molar-refractivity contribution in [2.45, 2.75) is 38.6 Å². The van der Waals surface area contributed by atoms with Crippen LogP contribution in [-0.4, -0.2) is 30.0 Å². The Labute approximate surface area is 148 Å². The molecule has 2 heterocycles. The van der Waals surface area contributed by atoms with E-state index in [1.54, 1.807) is 12.3 Å². The van der Waals surface area contributed by atoms with Gasteiger partial charge >= 0.3 is 0 Å². The van der Waals surface area contributed by atoms with Crippen molar-refractivity contribution in [3.63, 3.8) is 0 Å². The molecule has 0 spiro atoms. The third-order valence-corrected chi connectivity index (χ3v) is 4.56. The Morgan fingerprint density at radius 3 is 3.04 bits per heavy atom. The van der Waals surface area contributed by atoms with Gasteiger partial charge in [0.2, 0.25) is 5.91 Å². The highest BCUT2D eigenvalue weighted by molar-refractivity contribution is 5.76. The summed E-state index contributed by atoms with van der Waals surface area (Å²) in [7, 11) is 0. The number of nitrogens with zero attached hydrogens (tertiary/aromatic N) is 2. The zero-order valence-electron chi connectivity index (χ0n) is 14.5. The molecule has 25 heavy (non-hydrogen) atoms. The van der Waals surface area contributed by atoms with E-state index in [0.29, 0.717) is 25.1 Å². The molecule has 3 rings (SSSR count). The van der Waals surface area contributed by atoms with E-state index in [2.05, 4.69) is 10.3 Å². The van der Waals surface area contributed by atoms with Gasteiger partial charge in [-0.05, 0) is 56.0 Å². The molecule has 0 radical (unpaired) electrons. The largest absolute Gasteiger partial charge is 0.367 e. The number of nitrogens with one attached hydrogen (secondary N) is 1. The van der Waals surface area contributed by atoms with E-state index in [1.165, 1.54) is 6.07 Å². The van der Waals surface area contributed by atoms with E-state index in [1.807, 2.05) is 36.1 Å². The molecule has 0 bridgehead atoms. The van der Waals surface area contributed by atoms with Crippen LogP contribution >= 0.6 is 0 Å². The van der Waals surface area contributed by atoms with Crippen molar-refractivity contribution in [2.24, 2.45) is 0 Å². The monoisotopic (exact) mass is 341 g/mol. The van der Waals surface area contributed by atoms with Crippen LogP contribution in [0.1, 0.15) is 30.5 Å². The predicted octanol–water partition coefficient (Wildman–Crippen LogP) is 3.25. The summed E-state index contributed by atoms with van der Waals surface area (Å²) in [4.78, 5) is 18.5. The zero-order chi connectivity index (χ0) is 17.6. The van der Waals surface area contributed by atoms with Gasteiger partial charge in [-0.25, -0.2) is 4.39 Å². The number of aromatic nitrogens is 1. The van der Waals surface area contributed by atoms with Gasteiger partial charge < -0.3 is 10.2 Å². The Balaban J connectivity index is 1.54. The second kappa shape index (κ2) is 8.10. The fraction of sp³-hybridized carbons (Fsp3) is 0.400. The van der Waals surface area contributed by atoms with E-state index >= 15 is 0 Å². The Morgan fingerprint density at radius 2 is 2.24 bits per heavy atom. The minimum atomic E-state index is -0.201. The Bertz CT molecular complexity index is 720. The van der Waals surface area contributed by atoms with Crippen molar-refractivity contribution in [3.8, 4) is 0 Å². The van der Waals surface area contributed by atoms with Crippen LogP contribution in [0.2, 0.25) is 0 Å². The van der Waals surface area contributed by atoms with Crippen LogP contribution in [-0.2, 0) is 11.2 Å². The molecule has 2 aromatic rings. The molecule has 1 aromatic carbocycles. The summed E-state index contributed by atoms with van der Waals surface area (Å²) in [5, 5.41) is 3.09. The number of benzene rings is 1. The summed E-state index contributed by atoms with van der Waals surface area (Å²) < 4.78 is 14.1. The van der Waals surface area contributed by atoms with Gasteiger partial charge in [-0.1, -0.05) is 12.1 Å². The molecule has 1 atom stereocenters. The lowest BCUT2D eigenvalue weighted by Gasteiger charge is -2.35. The summed E-state index contributed by atoms with van der Waals surface area (Å²) in [5.74, 6) is -0.171. The van der Waals surface area contributed by atoms with Crippen molar-refractivity contribution in [3.05, 3.63) is 59.7 Å². The third kappa shape index (κ3) is 4.78. The lowest BCUT2D eigenvalue weighted by Crippen LogP contribution is -2.48. The van der Waals surface area contributed by atoms with Gasteiger partial charge in [-0.15, -0.1) is 0 Å². The Hall–Kier alpha value is -2.43. The van der Waals surface area contributed by atoms with Crippen LogP contribution in [0.4, 0.5) is 10.1 Å². The summed E-state index contributed by atoms with van der Waals surface area (Å²) in [6, 6.07) is 10.9. The number of aryl methyl sites for hydroxylation is 2. The summed E-state index contributed by atoms with van der Waals surface area (Å²) in [6.07, 6.45) is 4.67. The number of amides is 1. The summed E-state index contributed by atoms with van der Waals surface area (Å²) in [5.41, 5.74) is 2.59. The highest BCUT2D eigenvalue weighted by Crippen LogP contribution is 2.24. The quantitative estimate of drug-likeness (QED) is 0.908. The Morgan fingerprint density at radius 1 is 1.36 bits per heavy atom. The molecule has 1 N–H and O–H groups in total. The van der Waals surface area contributed by atoms with Crippen LogP contribution < -0.4 is 10.2 Å². The number of halogens is 1. The summed E-state index contributed by atoms with van der Waals surface area (Å²) >= 11 is 0. The number of hydrogen-bond acceptors (Lipinski definition) is 3. The van der Waals surface area contributed by atoms with Crippen molar-refractivity contribution in [1.29, 1.82) is 0 Å². The zero-order valence-corrected chi connectivity index (χ0v) is 14.5. The number of hydrogen-bond donors (Lipinski definition) is 1. The molecule has 0 saturated carbocycles. The van der Waals surface area contributed by atoms with Crippen LogP contribution in [0.3, 0.4) is 0 Å². The van der Waals surface area contributed by atoms with E-state index < -0.39 is 0 Å². The number of carbonyl (C=O) groups excluding carboxylic acids is 1. The van der Waals surface area contributed by atoms with Crippen molar-refractivity contribution in [2.75, 3.05) is 18.0 Å². The fourth-order valence-electron chi connectivity index (χ4n) is 3.27. The lowest BCUT2D eigenvalue weighted by molar-refractivity contribution is -0.121. The van der Waals surface area contributed by atoms with E-state index in [9.17, 15) is 9.18 Å². The van der Waals surface area contributed by atoms with Crippen LogP contribution in [0.25, 0.3) is 0 Å². The van der Waals surface area contributed by atoms with Crippen LogP contribution in [0.5, 0.6) is 0 Å². The SMILES string of the molecule is Cc1ccc(F)c(N2CCC[C@@H](NC(=O)CCc3ccccn3)C2)c1. The molecular weight excluding hydrogens is 317 g/mol. The van der Waals surface area contributed by atoms with E-state index in [0.717, 1.165) is 30.6 Å². The first-order valence-corrected chi connectivity index (χ1v) is 8.82. The highest BCUT2D eigenvalue weighted by Gasteiger charge is 2.23. The molecule has 4 nitrogen and oxygen atoms in total. The number of anilines is 1. The topological polar surface area (TPSA) is 45.2 Å². The number of pyridine rings is 1. The molecule has 132 valence electrons. The molecular formula is C20H24FN3O. The minimum absolute atomic E-state index is 0.0298.